The zero-order chi connectivity index (χ0) is 13.3. The highest BCUT2D eigenvalue weighted by atomic mass is 32.2. The monoisotopic (exact) mass is 269 g/mol. The van der Waals surface area contributed by atoms with Gasteiger partial charge >= 0.3 is 0 Å². The van der Waals surface area contributed by atoms with Crippen molar-refractivity contribution in [3.8, 4) is 0 Å². The first-order valence-electron chi connectivity index (χ1n) is 6.23. The molecule has 5 heteroatoms. The number of aliphatic hydroxyl groups excluding tert-OH is 1. The third-order valence-corrected chi connectivity index (χ3v) is 5.59. The van der Waals surface area contributed by atoms with E-state index in [4.69, 9.17) is 0 Å². The molecular weight excluding hydrogens is 250 g/mol. The molecule has 0 aromatic heterocycles. The van der Waals surface area contributed by atoms with Crippen LogP contribution in [-0.2, 0) is 16.6 Å². The molecule has 0 atom stereocenters. The molecule has 1 aromatic rings. The van der Waals surface area contributed by atoms with Crippen molar-refractivity contribution in [3.05, 3.63) is 29.3 Å². The maximum Gasteiger partial charge on any atom is 0.243 e. The molecule has 1 fully saturated rings. The van der Waals surface area contributed by atoms with Crippen LogP contribution in [0.25, 0.3) is 0 Å². The van der Waals surface area contributed by atoms with Crippen molar-refractivity contribution in [2.75, 3.05) is 6.54 Å². The van der Waals surface area contributed by atoms with Crippen LogP contribution in [-0.4, -0.2) is 30.4 Å². The second-order valence-corrected chi connectivity index (χ2v) is 6.50. The molecule has 2 rings (SSSR count). The summed E-state index contributed by atoms with van der Waals surface area (Å²) in [5.41, 5.74) is 1.32. The first-order valence-corrected chi connectivity index (χ1v) is 7.67. The smallest absolute Gasteiger partial charge is 0.243 e. The van der Waals surface area contributed by atoms with E-state index in [1.807, 2.05) is 6.92 Å². The molecule has 0 bridgehead atoms. The number of nitrogens with zero attached hydrogens (tertiary/aromatic N) is 1. The number of hydrogen-bond donors (Lipinski definition) is 1. The topological polar surface area (TPSA) is 57.6 Å². The quantitative estimate of drug-likeness (QED) is 0.884. The molecule has 0 heterocycles. The maximum atomic E-state index is 12.6. The first-order chi connectivity index (χ1) is 8.52. The largest absolute Gasteiger partial charge is 0.392 e. The molecule has 1 aliphatic rings. The van der Waals surface area contributed by atoms with Crippen LogP contribution in [0, 0.1) is 6.92 Å². The minimum Gasteiger partial charge on any atom is -0.392 e. The molecule has 100 valence electrons. The summed E-state index contributed by atoms with van der Waals surface area (Å²) in [5.74, 6) is 0. The zero-order valence-corrected chi connectivity index (χ0v) is 11.6. The van der Waals surface area contributed by atoms with E-state index in [9.17, 15) is 13.5 Å². The highest BCUT2D eigenvalue weighted by Crippen LogP contribution is 2.33. The van der Waals surface area contributed by atoms with Crippen molar-refractivity contribution in [1.82, 2.24) is 4.31 Å². The van der Waals surface area contributed by atoms with Gasteiger partial charge in [0.15, 0.2) is 0 Å². The van der Waals surface area contributed by atoms with Gasteiger partial charge in [0.2, 0.25) is 10.0 Å². The minimum absolute atomic E-state index is 0.134. The average molecular weight is 269 g/mol. The third-order valence-electron chi connectivity index (χ3n) is 3.42. The van der Waals surface area contributed by atoms with Gasteiger partial charge in [-0.2, -0.15) is 4.31 Å². The highest BCUT2D eigenvalue weighted by molar-refractivity contribution is 7.89. The van der Waals surface area contributed by atoms with Crippen LogP contribution in [0.2, 0.25) is 0 Å². The van der Waals surface area contributed by atoms with Crippen LogP contribution in [0.15, 0.2) is 23.1 Å². The highest BCUT2D eigenvalue weighted by Gasteiger charge is 2.37. The summed E-state index contributed by atoms with van der Waals surface area (Å²) in [5, 5.41) is 9.22. The van der Waals surface area contributed by atoms with E-state index in [1.54, 1.807) is 29.4 Å². The fourth-order valence-electron chi connectivity index (χ4n) is 2.22. The van der Waals surface area contributed by atoms with Gasteiger partial charge in [-0.1, -0.05) is 19.1 Å². The third kappa shape index (κ3) is 2.30. The number of aliphatic hydroxyl groups is 1. The van der Waals surface area contributed by atoms with Crippen LogP contribution in [0.4, 0.5) is 0 Å². The Hall–Kier alpha value is -0.910. The van der Waals surface area contributed by atoms with Crippen LogP contribution >= 0.6 is 0 Å². The average Bonchev–Trinajstić information content (AvgIpc) is 3.14. The van der Waals surface area contributed by atoms with E-state index in [0.29, 0.717) is 22.6 Å². The Morgan fingerprint density at radius 3 is 2.56 bits per heavy atom. The van der Waals surface area contributed by atoms with Gasteiger partial charge in [-0.05, 0) is 37.0 Å². The Morgan fingerprint density at radius 1 is 1.39 bits per heavy atom. The van der Waals surface area contributed by atoms with Crippen molar-refractivity contribution in [2.24, 2.45) is 0 Å². The molecule has 0 saturated heterocycles. The predicted octanol–water partition coefficient (Wildman–Crippen LogP) is 1.66. The van der Waals surface area contributed by atoms with Gasteiger partial charge in [0, 0.05) is 12.6 Å². The standard InChI is InChI=1S/C13H19NO3S/c1-3-14(12-7-8-12)18(16,17)13-6-4-5-11(9-15)10(13)2/h4-6,12,15H,3,7-9H2,1-2H3. The Balaban J connectivity index is 2.46. The molecule has 18 heavy (non-hydrogen) atoms. The normalized spacial score (nSPS) is 16.2. The Labute approximate surface area is 108 Å². The Morgan fingerprint density at radius 2 is 2.06 bits per heavy atom. The zero-order valence-electron chi connectivity index (χ0n) is 10.8. The molecule has 1 aliphatic carbocycles. The number of rotatable bonds is 5. The molecule has 0 aliphatic heterocycles. The maximum absolute atomic E-state index is 12.6. The summed E-state index contributed by atoms with van der Waals surface area (Å²) >= 11 is 0. The van der Waals surface area contributed by atoms with Crippen LogP contribution < -0.4 is 0 Å². The van der Waals surface area contributed by atoms with E-state index >= 15 is 0 Å². The predicted molar refractivity (Wildman–Crippen MR) is 69.7 cm³/mol. The first kappa shape index (κ1) is 13.5. The van der Waals surface area contributed by atoms with Gasteiger partial charge in [0.05, 0.1) is 11.5 Å². The molecule has 1 saturated carbocycles. The van der Waals surface area contributed by atoms with Gasteiger partial charge in [-0.25, -0.2) is 8.42 Å². The fraction of sp³-hybridized carbons (Fsp3) is 0.538. The van der Waals surface area contributed by atoms with Gasteiger partial charge in [0.1, 0.15) is 0 Å². The van der Waals surface area contributed by atoms with Gasteiger partial charge < -0.3 is 5.11 Å². The number of hydrogen-bond acceptors (Lipinski definition) is 3. The fourth-order valence-corrected chi connectivity index (χ4v) is 4.19. The lowest BCUT2D eigenvalue weighted by Gasteiger charge is -2.21. The second kappa shape index (κ2) is 4.99. The summed E-state index contributed by atoms with van der Waals surface area (Å²) in [6, 6.07) is 5.22. The summed E-state index contributed by atoms with van der Waals surface area (Å²) < 4.78 is 26.7. The second-order valence-electron chi connectivity index (χ2n) is 4.64. The van der Waals surface area contributed by atoms with E-state index in [0.717, 1.165) is 12.8 Å². The number of sulfonamides is 1. The van der Waals surface area contributed by atoms with E-state index in [-0.39, 0.29) is 12.6 Å². The Bertz CT molecular complexity index is 535. The summed E-state index contributed by atoms with van der Waals surface area (Å²) in [7, 11) is -3.43. The molecule has 1 N–H and O–H groups in total. The SMILES string of the molecule is CCN(C1CC1)S(=O)(=O)c1cccc(CO)c1C. The summed E-state index contributed by atoms with van der Waals surface area (Å²) in [6.45, 7) is 3.97. The van der Waals surface area contributed by atoms with Crippen LogP contribution in [0.5, 0.6) is 0 Å². The van der Waals surface area contributed by atoms with Crippen molar-refractivity contribution < 1.29 is 13.5 Å². The molecule has 0 amide bonds. The summed E-state index contributed by atoms with van der Waals surface area (Å²) in [6.07, 6.45) is 1.90. The van der Waals surface area contributed by atoms with Crippen LogP contribution in [0.3, 0.4) is 0 Å². The Kier molecular flexibility index (Phi) is 3.75. The van der Waals surface area contributed by atoms with Gasteiger partial charge in [-0.15, -0.1) is 0 Å². The van der Waals surface area contributed by atoms with Crippen molar-refractivity contribution in [2.45, 2.75) is 44.2 Å². The van der Waals surface area contributed by atoms with Crippen molar-refractivity contribution in [3.63, 3.8) is 0 Å². The van der Waals surface area contributed by atoms with E-state index in [2.05, 4.69) is 0 Å². The molecular formula is C13H19NO3S. The minimum atomic E-state index is -3.43. The van der Waals surface area contributed by atoms with Gasteiger partial charge in [-0.3, -0.25) is 0 Å². The van der Waals surface area contributed by atoms with Crippen molar-refractivity contribution >= 4 is 10.0 Å². The van der Waals surface area contributed by atoms with Gasteiger partial charge in [0.25, 0.3) is 0 Å². The molecule has 0 unspecified atom stereocenters. The van der Waals surface area contributed by atoms with Crippen molar-refractivity contribution in [1.29, 1.82) is 0 Å². The van der Waals surface area contributed by atoms with E-state index in [1.165, 1.54) is 0 Å². The molecule has 4 nitrogen and oxygen atoms in total. The molecule has 0 radical (unpaired) electrons. The number of benzene rings is 1. The lowest BCUT2D eigenvalue weighted by Crippen LogP contribution is -2.33. The lowest BCUT2D eigenvalue weighted by atomic mass is 10.1. The summed E-state index contributed by atoms with van der Waals surface area (Å²) in [4.78, 5) is 0.322. The van der Waals surface area contributed by atoms with Crippen LogP contribution in [0.1, 0.15) is 30.9 Å². The van der Waals surface area contributed by atoms with E-state index < -0.39 is 10.0 Å². The lowest BCUT2D eigenvalue weighted by molar-refractivity contribution is 0.280. The molecule has 1 aromatic carbocycles. The molecule has 0 spiro atoms.